The number of thiazole rings is 1. The average Bonchev–Trinajstić information content (AvgIpc) is 2.93. The fourth-order valence-electron chi connectivity index (χ4n) is 2.60. The summed E-state index contributed by atoms with van der Waals surface area (Å²) in [5.74, 6) is 0. The van der Waals surface area contributed by atoms with Crippen molar-refractivity contribution in [2.24, 2.45) is 7.05 Å². The summed E-state index contributed by atoms with van der Waals surface area (Å²) in [7, 11) is 1.80. The van der Waals surface area contributed by atoms with Gasteiger partial charge in [0.25, 0.3) is 5.56 Å². The molecule has 0 unspecified atom stereocenters. The largest absolute Gasteiger partial charge is 0.311 e. The predicted octanol–water partition coefficient (Wildman–Crippen LogP) is 4.58. The van der Waals surface area contributed by atoms with Crippen LogP contribution in [0.1, 0.15) is 0 Å². The third-order valence-corrected chi connectivity index (χ3v) is 5.30. The Kier molecular flexibility index (Phi) is 3.13. The van der Waals surface area contributed by atoms with Crippen molar-refractivity contribution < 1.29 is 0 Å². The fraction of sp³-hybridized carbons (Fsp3) is 0.0588. The van der Waals surface area contributed by atoms with Gasteiger partial charge in [-0.2, -0.15) is 0 Å². The van der Waals surface area contributed by atoms with Gasteiger partial charge in [0.05, 0.1) is 15.7 Å². The SMILES string of the molecule is Cn1c(=O)cc(-c2nc3cc(Br)ccc3s2)c2ccccc21. The first-order chi connectivity index (χ1) is 10.6. The summed E-state index contributed by atoms with van der Waals surface area (Å²) in [5.41, 5.74) is 2.75. The van der Waals surface area contributed by atoms with Crippen LogP contribution < -0.4 is 5.56 Å². The van der Waals surface area contributed by atoms with Crippen LogP contribution in [0.15, 0.2) is 57.8 Å². The first-order valence-electron chi connectivity index (χ1n) is 6.79. The van der Waals surface area contributed by atoms with Gasteiger partial charge < -0.3 is 4.57 Å². The number of fused-ring (bicyclic) bond motifs is 2. The third kappa shape index (κ3) is 2.09. The van der Waals surface area contributed by atoms with Crippen molar-refractivity contribution in [3.8, 4) is 10.6 Å². The van der Waals surface area contributed by atoms with Crippen molar-refractivity contribution in [3.05, 3.63) is 63.4 Å². The quantitative estimate of drug-likeness (QED) is 0.491. The lowest BCUT2D eigenvalue weighted by Crippen LogP contribution is -2.16. The van der Waals surface area contributed by atoms with Gasteiger partial charge in [0.1, 0.15) is 5.01 Å². The van der Waals surface area contributed by atoms with Crippen molar-refractivity contribution in [2.45, 2.75) is 0 Å². The van der Waals surface area contributed by atoms with Crippen molar-refractivity contribution in [1.82, 2.24) is 9.55 Å². The monoisotopic (exact) mass is 370 g/mol. The molecule has 2 aromatic carbocycles. The number of aromatic nitrogens is 2. The van der Waals surface area contributed by atoms with Gasteiger partial charge in [-0.1, -0.05) is 34.1 Å². The van der Waals surface area contributed by atoms with E-state index >= 15 is 0 Å². The van der Waals surface area contributed by atoms with Crippen molar-refractivity contribution in [1.29, 1.82) is 0 Å². The molecule has 0 amide bonds. The molecule has 0 fully saturated rings. The number of para-hydroxylation sites is 1. The van der Waals surface area contributed by atoms with E-state index in [1.54, 1.807) is 29.0 Å². The maximum atomic E-state index is 12.2. The first kappa shape index (κ1) is 13.7. The number of hydrogen-bond donors (Lipinski definition) is 0. The molecule has 4 aromatic rings. The standard InChI is InChI=1S/C17H11BrN2OS/c1-20-14-5-3-2-4-11(14)12(9-16(20)21)17-19-13-8-10(18)6-7-15(13)22-17/h2-9H,1H3. The predicted molar refractivity (Wildman–Crippen MR) is 95.5 cm³/mol. The number of rotatable bonds is 1. The van der Waals surface area contributed by atoms with E-state index in [4.69, 9.17) is 4.98 Å². The van der Waals surface area contributed by atoms with Crippen molar-refractivity contribution in [3.63, 3.8) is 0 Å². The molecule has 0 saturated carbocycles. The van der Waals surface area contributed by atoms with Crippen LogP contribution in [0.5, 0.6) is 0 Å². The van der Waals surface area contributed by atoms with Crippen LogP contribution in [0.3, 0.4) is 0 Å². The molecule has 22 heavy (non-hydrogen) atoms. The summed E-state index contributed by atoms with van der Waals surface area (Å²) in [6, 6.07) is 15.7. The Morgan fingerprint density at radius 2 is 1.95 bits per heavy atom. The molecule has 2 aromatic heterocycles. The number of nitrogens with zero attached hydrogens (tertiary/aromatic N) is 2. The van der Waals surface area contributed by atoms with Gasteiger partial charge in [-0.3, -0.25) is 4.79 Å². The maximum absolute atomic E-state index is 12.2. The molecule has 0 radical (unpaired) electrons. The molecule has 0 bridgehead atoms. The van der Waals surface area contributed by atoms with Crippen LogP contribution in [0.2, 0.25) is 0 Å². The van der Waals surface area contributed by atoms with Gasteiger partial charge in [-0.15, -0.1) is 11.3 Å². The normalized spacial score (nSPS) is 11.4. The number of pyridine rings is 1. The van der Waals surface area contributed by atoms with Gasteiger partial charge >= 0.3 is 0 Å². The van der Waals surface area contributed by atoms with Crippen molar-refractivity contribution >= 4 is 48.4 Å². The number of hydrogen-bond acceptors (Lipinski definition) is 3. The Morgan fingerprint density at radius 1 is 1.14 bits per heavy atom. The van der Waals surface area contributed by atoms with E-state index in [2.05, 4.69) is 15.9 Å². The Bertz CT molecular complexity index is 1080. The zero-order chi connectivity index (χ0) is 15.3. The number of aryl methyl sites for hydroxylation is 1. The van der Waals surface area contributed by atoms with E-state index in [1.165, 1.54) is 0 Å². The highest BCUT2D eigenvalue weighted by atomic mass is 79.9. The minimum Gasteiger partial charge on any atom is -0.311 e. The second kappa shape index (κ2) is 5.04. The minimum absolute atomic E-state index is 0.0193. The van der Waals surface area contributed by atoms with Gasteiger partial charge in [0.2, 0.25) is 0 Å². The molecule has 4 rings (SSSR count). The molecule has 3 nitrogen and oxygen atoms in total. The molecule has 2 heterocycles. The topological polar surface area (TPSA) is 34.9 Å². The molecular formula is C17H11BrN2OS. The van der Waals surface area contributed by atoms with E-state index in [0.717, 1.165) is 36.2 Å². The lowest BCUT2D eigenvalue weighted by molar-refractivity contribution is 0.907. The second-order valence-electron chi connectivity index (χ2n) is 5.10. The molecule has 0 aliphatic rings. The molecule has 0 spiro atoms. The van der Waals surface area contributed by atoms with E-state index in [0.29, 0.717) is 0 Å². The van der Waals surface area contributed by atoms with Crippen LogP contribution in [0.4, 0.5) is 0 Å². The molecular weight excluding hydrogens is 360 g/mol. The van der Waals surface area contributed by atoms with Gasteiger partial charge in [0, 0.05) is 28.5 Å². The van der Waals surface area contributed by atoms with Crippen LogP contribution in [-0.2, 0) is 7.05 Å². The smallest absolute Gasteiger partial charge is 0.251 e. The lowest BCUT2D eigenvalue weighted by atomic mass is 10.1. The molecule has 0 saturated heterocycles. The molecule has 5 heteroatoms. The lowest BCUT2D eigenvalue weighted by Gasteiger charge is -2.07. The highest BCUT2D eigenvalue weighted by Gasteiger charge is 2.12. The molecule has 0 atom stereocenters. The summed E-state index contributed by atoms with van der Waals surface area (Å²) >= 11 is 5.08. The summed E-state index contributed by atoms with van der Waals surface area (Å²) in [5, 5.41) is 1.92. The second-order valence-corrected chi connectivity index (χ2v) is 7.05. The van der Waals surface area contributed by atoms with Crippen LogP contribution in [0.25, 0.3) is 31.7 Å². The van der Waals surface area contributed by atoms with Gasteiger partial charge in [-0.05, 0) is 24.3 Å². The van der Waals surface area contributed by atoms with Crippen LogP contribution in [0, 0.1) is 0 Å². The van der Waals surface area contributed by atoms with Crippen LogP contribution >= 0.6 is 27.3 Å². The fourth-order valence-corrected chi connectivity index (χ4v) is 3.93. The Balaban J connectivity index is 2.07. The Labute approximate surface area is 139 Å². The van der Waals surface area contributed by atoms with E-state index in [-0.39, 0.29) is 5.56 Å². The number of halogens is 1. The Morgan fingerprint density at radius 3 is 2.82 bits per heavy atom. The average molecular weight is 371 g/mol. The van der Waals surface area contributed by atoms with E-state index in [1.807, 2.05) is 42.5 Å². The minimum atomic E-state index is -0.0193. The van der Waals surface area contributed by atoms with Crippen LogP contribution in [-0.4, -0.2) is 9.55 Å². The van der Waals surface area contributed by atoms with E-state index in [9.17, 15) is 4.79 Å². The summed E-state index contributed by atoms with van der Waals surface area (Å²) in [6.07, 6.45) is 0. The zero-order valence-electron chi connectivity index (χ0n) is 11.7. The summed E-state index contributed by atoms with van der Waals surface area (Å²) in [4.78, 5) is 16.9. The highest BCUT2D eigenvalue weighted by molar-refractivity contribution is 9.10. The third-order valence-electron chi connectivity index (χ3n) is 3.73. The summed E-state index contributed by atoms with van der Waals surface area (Å²) < 4.78 is 3.79. The molecule has 108 valence electrons. The number of benzene rings is 2. The highest BCUT2D eigenvalue weighted by Crippen LogP contribution is 2.34. The molecule has 0 aliphatic heterocycles. The first-order valence-corrected chi connectivity index (χ1v) is 8.40. The zero-order valence-corrected chi connectivity index (χ0v) is 14.1. The van der Waals surface area contributed by atoms with Crippen molar-refractivity contribution in [2.75, 3.05) is 0 Å². The van der Waals surface area contributed by atoms with Gasteiger partial charge in [0.15, 0.2) is 0 Å². The van der Waals surface area contributed by atoms with Gasteiger partial charge in [-0.25, -0.2) is 4.98 Å². The van der Waals surface area contributed by atoms with E-state index < -0.39 is 0 Å². The maximum Gasteiger partial charge on any atom is 0.251 e. The molecule has 0 N–H and O–H groups in total. The Hall–Kier alpha value is -1.98. The summed E-state index contributed by atoms with van der Waals surface area (Å²) in [6.45, 7) is 0. The molecule has 0 aliphatic carbocycles.